The zero-order valence-electron chi connectivity index (χ0n) is 12.0. The van der Waals surface area contributed by atoms with E-state index in [1.807, 2.05) is 18.2 Å². The van der Waals surface area contributed by atoms with Crippen LogP contribution in [0.4, 0.5) is 0 Å². The molecule has 2 atom stereocenters. The van der Waals surface area contributed by atoms with Crippen molar-refractivity contribution in [2.45, 2.75) is 38.1 Å². The van der Waals surface area contributed by atoms with Gasteiger partial charge in [-0.05, 0) is 17.9 Å². The minimum Gasteiger partial charge on any atom is -0.384 e. The molecule has 1 aromatic rings. The second-order valence-electron chi connectivity index (χ2n) is 5.88. The molecular weight excluding hydrogens is 238 g/mol. The van der Waals surface area contributed by atoms with Crippen molar-refractivity contribution < 1.29 is 9.53 Å². The fourth-order valence-corrected chi connectivity index (χ4v) is 3.11. The van der Waals surface area contributed by atoms with E-state index in [1.54, 1.807) is 7.11 Å². The first-order valence-electron chi connectivity index (χ1n) is 6.92. The van der Waals surface area contributed by atoms with E-state index < -0.39 is 0 Å². The van der Waals surface area contributed by atoms with Crippen molar-refractivity contribution in [3.05, 3.63) is 35.9 Å². The van der Waals surface area contributed by atoms with Crippen molar-refractivity contribution in [2.75, 3.05) is 13.7 Å². The summed E-state index contributed by atoms with van der Waals surface area (Å²) in [5, 5.41) is 3.14. The fourth-order valence-electron chi connectivity index (χ4n) is 3.11. The lowest BCUT2D eigenvalue weighted by atomic mass is 9.72. The van der Waals surface area contributed by atoms with Crippen LogP contribution in [0.1, 0.15) is 32.3 Å². The Labute approximate surface area is 115 Å². The first-order chi connectivity index (χ1) is 9.08. The minimum absolute atomic E-state index is 0.131. The van der Waals surface area contributed by atoms with Crippen LogP contribution in [0.3, 0.4) is 0 Å². The maximum Gasteiger partial charge on any atom is 0.221 e. The number of carbonyl (C=O) groups excluding carboxylic acids is 1. The van der Waals surface area contributed by atoms with E-state index in [4.69, 9.17) is 4.74 Å². The van der Waals surface area contributed by atoms with Crippen LogP contribution in [0.5, 0.6) is 0 Å². The second-order valence-corrected chi connectivity index (χ2v) is 5.88. The van der Waals surface area contributed by atoms with Gasteiger partial charge in [-0.1, -0.05) is 44.2 Å². The van der Waals surface area contributed by atoms with Gasteiger partial charge in [0.1, 0.15) is 0 Å². The molecule has 1 aliphatic rings. The molecule has 19 heavy (non-hydrogen) atoms. The zero-order valence-corrected chi connectivity index (χ0v) is 12.0. The molecule has 3 heteroatoms. The van der Waals surface area contributed by atoms with Crippen LogP contribution in [-0.4, -0.2) is 25.7 Å². The van der Waals surface area contributed by atoms with Crippen LogP contribution in [0.2, 0.25) is 0 Å². The molecule has 0 radical (unpaired) electrons. The van der Waals surface area contributed by atoms with Gasteiger partial charge in [0.05, 0.1) is 6.61 Å². The molecule has 2 rings (SSSR count). The van der Waals surface area contributed by atoms with Gasteiger partial charge in [-0.3, -0.25) is 4.79 Å². The molecule has 1 heterocycles. The van der Waals surface area contributed by atoms with Gasteiger partial charge < -0.3 is 10.1 Å². The molecule has 1 N–H and O–H groups in total. The summed E-state index contributed by atoms with van der Waals surface area (Å²) < 4.78 is 5.45. The first kappa shape index (κ1) is 14.1. The Hall–Kier alpha value is -1.35. The Morgan fingerprint density at radius 2 is 2.05 bits per heavy atom. The largest absolute Gasteiger partial charge is 0.384 e. The van der Waals surface area contributed by atoms with Crippen molar-refractivity contribution >= 4 is 5.91 Å². The molecule has 3 nitrogen and oxygen atoms in total. The number of rotatable bonds is 5. The number of amides is 1. The number of carbonyl (C=O) groups is 1. The minimum atomic E-state index is -0.225. The van der Waals surface area contributed by atoms with Gasteiger partial charge in [0.2, 0.25) is 5.91 Å². The van der Waals surface area contributed by atoms with Gasteiger partial charge >= 0.3 is 0 Å². The molecule has 1 saturated heterocycles. The summed E-state index contributed by atoms with van der Waals surface area (Å²) in [6, 6.07) is 10.4. The van der Waals surface area contributed by atoms with E-state index in [2.05, 4.69) is 31.3 Å². The zero-order chi connectivity index (χ0) is 13.9. The number of methoxy groups -OCH3 is 1. The van der Waals surface area contributed by atoms with Crippen LogP contribution in [-0.2, 0) is 14.9 Å². The molecule has 1 aliphatic heterocycles. The van der Waals surface area contributed by atoms with Crippen molar-refractivity contribution in [2.24, 2.45) is 5.92 Å². The maximum atomic E-state index is 11.9. The summed E-state index contributed by atoms with van der Waals surface area (Å²) in [6.45, 7) is 4.95. The SMILES string of the molecule is COCC1(c2ccccc2)CC(=O)NC1CC(C)C. The van der Waals surface area contributed by atoms with Crippen molar-refractivity contribution in [3.63, 3.8) is 0 Å². The van der Waals surface area contributed by atoms with Gasteiger partial charge in [0, 0.05) is 25.0 Å². The fraction of sp³-hybridized carbons (Fsp3) is 0.562. The summed E-state index contributed by atoms with van der Waals surface area (Å²) in [5.41, 5.74) is 0.970. The monoisotopic (exact) mass is 261 g/mol. The molecule has 1 amide bonds. The Bertz CT molecular complexity index is 430. The summed E-state index contributed by atoms with van der Waals surface area (Å²) in [7, 11) is 1.71. The third-order valence-corrected chi connectivity index (χ3v) is 3.94. The van der Waals surface area contributed by atoms with E-state index in [1.165, 1.54) is 5.56 Å². The normalized spacial score (nSPS) is 26.7. The van der Waals surface area contributed by atoms with E-state index in [0.717, 1.165) is 6.42 Å². The Morgan fingerprint density at radius 1 is 1.37 bits per heavy atom. The van der Waals surface area contributed by atoms with Gasteiger partial charge in [0.25, 0.3) is 0 Å². The third kappa shape index (κ3) is 2.81. The van der Waals surface area contributed by atoms with E-state index in [9.17, 15) is 4.79 Å². The lowest BCUT2D eigenvalue weighted by Gasteiger charge is -2.35. The quantitative estimate of drug-likeness (QED) is 0.884. The molecule has 0 bridgehead atoms. The molecular formula is C16H23NO2. The number of hydrogen-bond acceptors (Lipinski definition) is 2. The van der Waals surface area contributed by atoms with E-state index >= 15 is 0 Å². The lowest BCUT2D eigenvalue weighted by molar-refractivity contribution is -0.119. The van der Waals surface area contributed by atoms with Crippen LogP contribution in [0.15, 0.2) is 30.3 Å². The van der Waals surface area contributed by atoms with Crippen molar-refractivity contribution in [1.29, 1.82) is 0 Å². The highest BCUT2D eigenvalue weighted by Gasteiger charge is 2.48. The van der Waals surface area contributed by atoms with Crippen LogP contribution >= 0.6 is 0 Å². The Balaban J connectivity index is 2.38. The average molecular weight is 261 g/mol. The highest BCUT2D eigenvalue weighted by Crippen LogP contribution is 2.39. The third-order valence-electron chi connectivity index (χ3n) is 3.94. The summed E-state index contributed by atoms with van der Waals surface area (Å²) in [4.78, 5) is 11.9. The standard InChI is InChI=1S/C16H23NO2/c1-12(2)9-14-16(11-19-3,10-15(18)17-14)13-7-5-4-6-8-13/h4-8,12,14H,9-11H2,1-3H3,(H,17,18). The highest BCUT2D eigenvalue weighted by molar-refractivity contribution is 5.81. The number of nitrogens with one attached hydrogen (secondary N) is 1. The molecule has 1 aromatic carbocycles. The van der Waals surface area contributed by atoms with Gasteiger partial charge in [-0.25, -0.2) is 0 Å². The Morgan fingerprint density at radius 3 is 2.63 bits per heavy atom. The van der Waals surface area contributed by atoms with E-state index in [0.29, 0.717) is 18.9 Å². The Kier molecular flexibility index (Phi) is 4.25. The van der Waals surface area contributed by atoms with Crippen LogP contribution in [0, 0.1) is 5.92 Å². The van der Waals surface area contributed by atoms with Gasteiger partial charge in [0.15, 0.2) is 0 Å². The summed E-state index contributed by atoms with van der Waals surface area (Å²) in [6.07, 6.45) is 1.49. The first-order valence-corrected chi connectivity index (χ1v) is 6.92. The smallest absolute Gasteiger partial charge is 0.221 e. The second kappa shape index (κ2) is 5.74. The van der Waals surface area contributed by atoms with Crippen LogP contribution < -0.4 is 5.32 Å². The predicted molar refractivity (Wildman–Crippen MR) is 76.0 cm³/mol. The van der Waals surface area contributed by atoms with Crippen molar-refractivity contribution in [3.8, 4) is 0 Å². The average Bonchev–Trinajstić information content (AvgIpc) is 2.67. The van der Waals surface area contributed by atoms with E-state index in [-0.39, 0.29) is 17.4 Å². The summed E-state index contributed by atoms with van der Waals surface area (Å²) in [5.74, 6) is 0.676. The van der Waals surface area contributed by atoms with Crippen molar-refractivity contribution in [1.82, 2.24) is 5.32 Å². The maximum absolute atomic E-state index is 11.9. The highest BCUT2D eigenvalue weighted by atomic mass is 16.5. The molecule has 0 aromatic heterocycles. The number of benzene rings is 1. The topological polar surface area (TPSA) is 38.3 Å². The van der Waals surface area contributed by atoms with Gasteiger partial charge in [-0.2, -0.15) is 0 Å². The molecule has 0 saturated carbocycles. The lowest BCUT2D eigenvalue weighted by Crippen LogP contribution is -2.44. The number of hydrogen-bond donors (Lipinski definition) is 1. The molecule has 0 aliphatic carbocycles. The molecule has 1 fully saturated rings. The number of ether oxygens (including phenoxy) is 1. The molecule has 2 unspecified atom stereocenters. The molecule has 0 spiro atoms. The predicted octanol–water partition coefficient (Wildman–Crippen LogP) is 2.51. The van der Waals surface area contributed by atoms with Gasteiger partial charge in [-0.15, -0.1) is 0 Å². The molecule has 104 valence electrons. The summed E-state index contributed by atoms with van der Waals surface area (Å²) >= 11 is 0. The van der Waals surface area contributed by atoms with Crippen LogP contribution in [0.25, 0.3) is 0 Å².